The summed E-state index contributed by atoms with van der Waals surface area (Å²) >= 11 is 0. The molecule has 2 aromatic carbocycles. The summed E-state index contributed by atoms with van der Waals surface area (Å²) in [6.07, 6.45) is 1.05. The van der Waals surface area contributed by atoms with Crippen molar-refractivity contribution in [3.05, 3.63) is 81.2 Å². The molecule has 1 heterocycles. The number of hydrogen-bond donors (Lipinski definition) is 2. The fourth-order valence-electron chi connectivity index (χ4n) is 4.04. The molecule has 3 aromatic rings. The number of nitrogens with two attached hydrogens (primary N) is 1. The fraction of sp³-hybridized carbons (Fsp3) is 0.400. The van der Waals surface area contributed by atoms with Crippen LogP contribution in [0.5, 0.6) is 0 Å². The molecule has 154 valence electrons. The lowest BCUT2D eigenvalue weighted by Crippen LogP contribution is -3.14. The molecule has 1 atom stereocenters. The van der Waals surface area contributed by atoms with E-state index in [1.165, 1.54) is 21.6 Å². The summed E-state index contributed by atoms with van der Waals surface area (Å²) in [5, 5.41) is 3.39. The molecule has 4 heteroatoms. The molecule has 29 heavy (non-hydrogen) atoms. The summed E-state index contributed by atoms with van der Waals surface area (Å²) in [6.45, 7) is 8.27. The molecule has 0 spiro atoms. The third-order valence-electron chi connectivity index (χ3n) is 5.80. The predicted molar refractivity (Wildman–Crippen MR) is 119 cm³/mol. The number of benzene rings is 2. The van der Waals surface area contributed by atoms with Crippen LogP contribution < -0.4 is 15.8 Å². The van der Waals surface area contributed by atoms with E-state index < -0.39 is 0 Å². The van der Waals surface area contributed by atoms with Gasteiger partial charge in [-0.1, -0.05) is 44.2 Å². The van der Waals surface area contributed by atoms with Crippen LogP contribution in [-0.2, 0) is 13.0 Å². The van der Waals surface area contributed by atoms with Crippen molar-refractivity contribution in [1.82, 2.24) is 0 Å². The largest absolute Gasteiger partial charge is 0.423 e. The van der Waals surface area contributed by atoms with Gasteiger partial charge in [-0.3, -0.25) is 0 Å². The normalized spacial score (nSPS) is 12.8. The fourth-order valence-corrected chi connectivity index (χ4v) is 4.04. The predicted octanol–water partition coefficient (Wildman–Crippen LogP) is 2.04. The van der Waals surface area contributed by atoms with Crippen LogP contribution in [0.1, 0.15) is 42.0 Å². The molecular formula is C25H34N2O2+2. The lowest BCUT2D eigenvalue weighted by molar-refractivity contribution is -0.903. The minimum Gasteiger partial charge on any atom is -0.423 e. The second-order valence-corrected chi connectivity index (χ2v) is 8.64. The summed E-state index contributed by atoms with van der Waals surface area (Å²) in [6, 6.07) is 17.0. The maximum atomic E-state index is 12.1. The third kappa shape index (κ3) is 5.34. The van der Waals surface area contributed by atoms with Crippen LogP contribution in [-0.4, -0.2) is 26.7 Å². The van der Waals surface area contributed by atoms with E-state index in [0.29, 0.717) is 17.5 Å². The molecule has 0 aliphatic heterocycles. The lowest BCUT2D eigenvalue weighted by Gasteiger charge is -2.20. The average Bonchev–Trinajstić information content (AvgIpc) is 2.66. The minimum atomic E-state index is -0.267. The number of rotatable bonds is 8. The van der Waals surface area contributed by atoms with E-state index in [1.807, 2.05) is 6.07 Å². The van der Waals surface area contributed by atoms with Crippen molar-refractivity contribution in [2.75, 3.05) is 20.6 Å². The zero-order valence-electron chi connectivity index (χ0n) is 18.3. The van der Waals surface area contributed by atoms with Crippen LogP contribution >= 0.6 is 0 Å². The number of fused-ring (bicyclic) bond motifs is 1. The first-order valence-electron chi connectivity index (χ1n) is 10.6. The molecule has 0 amide bonds. The SMILES string of the molecule is Cc1cc2oc(=O)cc(C[NH2+]C[C@@H](Cc3ccccc3)[NH+](C)C)c2cc1C(C)C. The molecule has 0 bridgehead atoms. The van der Waals surface area contributed by atoms with Gasteiger partial charge in [0, 0.05) is 23.4 Å². The summed E-state index contributed by atoms with van der Waals surface area (Å²) in [5.41, 5.74) is 5.35. The lowest BCUT2D eigenvalue weighted by atomic mass is 9.95. The van der Waals surface area contributed by atoms with Gasteiger partial charge in [-0.25, -0.2) is 4.79 Å². The van der Waals surface area contributed by atoms with E-state index in [0.717, 1.165) is 30.5 Å². The highest BCUT2D eigenvalue weighted by atomic mass is 16.4. The molecular weight excluding hydrogens is 360 g/mol. The molecule has 0 unspecified atom stereocenters. The number of likely N-dealkylation sites (N-methyl/N-ethyl adjacent to an activating group) is 1. The van der Waals surface area contributed by atoms with Crippen molar-refractivity contribution < 1.29 is 14.6 Å². The first-order chi connectivity index (χ1) is 13.8. The Kier molecular flexibility index (Phi) is 6.88. The third-order valence-corrected chi connectivity index (χ3v) is 5.80. The maximum absolute atomic E-state index is 12.1. The average molecular weight is 395 g/mol. The Morgan fingerprint density at radius 3 is 2.45 bits per heavy atom. The summed E-state index contributed by atoms with van der Waals surface area (Å²) in [4.78, 5) is 13.5. The molecule has 4 nitrogen and oxygen atoms in total. The van der Waals surface area contributed by atoms with Crippen molar-refractivity contribution in [2.24, 2.45) is 0 Å². The Morgan fingerprint density at radius 2 is 1.79 bits per heavy atom. The first kappa shape index (κ1) is 21.3. The van der Waals surface area contributed by atoms with E-state index in [9.17, 15) is 4.79 Å². The quantitative estimate of drug-likeness (QED) is 0.575. The Balaban J connectivity index is 1.78. The van der Waals surface area contributed by atoms with Gasteiger partial charge in [0.25, 0.3) is 0 Å². The molecule has 1 aromatic heterocycles. The monoisotopic (exact) mass is 394 g/mol. The van der Waals surface area contributed by atoms with Crippen LogP contribution in [0, 0.1) is 6.92 Å². The van der Waals surface area contributed by atoms with Gasteiger partial charge < -0.3 is 14.6 Å². The highest BCUT2D eigenvalue weighted by Crippen LogP contribution is 2.26. The zero-order chi connectivity index (χ0) is 21.0. The number of quaternary nitrogens is 2. The maximum Gasteiger partial charge on any atom is 0.336 e. The van der Waals surface area contributed by atoms with Crippen LogP contribution in [0.4, 0.5) is 0 Å². The summed E-state index contributed by atoms with van der Waals surface area (Å²) < 4.78 is 5.49. The highest BCUT2D eigenvalue weighted by molar-refractivity contribution is 5.82. The van der Waals surface area contributed by atoms with Gasteiger partial charge in [-0.05, 0) is 41.7 Å². The topological polar surface area (TPSA) is 51.3 Å². The van der Waals surface area contributed by atoms with E-state index in [1.54, 1.807) is 6.07 Å². The van der Waals surface area contributed by atoms with E-state index in [4.69, 9.17) is 4.42 Å². The highest BCUT2D eigenvalue weighted by Gasteiger charge is 2.19. The van der Waals surface area contributed by atoms with Crippen LogP contribution in [0.2, 0.25) is 0 Å². The zero-order valence-corrected chi connectivity index (χ0v) is 18.3. The molecule has 0 aliphatic rings. The number of aryl methyl sites for hydroxylation is 1. The number of hydrogen-bond acceptors (Lipinski definition) is 2. The van der Waals surface area contributed by atoms with Gasteiger partial charge in [-0.15, -0.1) is 0 Å². The molecule has 3 rings (SSSR count). The summed E-state index contributed by atoms with van der Waals surface area (Å²) in [7, 11) is 4.43. The van der Waals surface area contributed by atoms with Crippen LogP contribution in [0.15, 0.2) is 57.7 Å². The second kappa shape index (κ2) is 9.38. The number of nitrogens with one attached hydrogen (secondary N) is 1. The van der Waals surface area contributed by atoms with Gasteiger partial charge in [0.1, 0.15) is 24.7 Å². The minimum absolute atomic E-state index is 0.267. The Morgan fingerprint density at radius 1 is 1.07 bits per heavy atom. The van der Waals surface area contributed by atoms with Crippen molar-refractivity contribution >= 4 is 11.0 Å². The molecule has 0 saturated carbocycles. The standard InChI is InChI=1S/C25H32N2O2/c1-17(2)22-14-23-20(13-25(28)29-24(23)11-18(22)3)15-26-16-21(27(4)5)12-19-9-7-6-8-10-19/h6-11,13-14,17,21,26H,12,15-16H2,1-5H3/p+2/t21-/m1/s1. The Hall–Kier alpha value is -2.43. The molecule has 0 radical (unpaired) electrons. The van der Waals surface area contributed by atoms with E-state index in [-0.39, 0.29) is 5.63 Å². The van der Waals surface area contributed by atoms with E-state index >= 15 is 0 Å². The Labute approximate surface area is 173 Å². The smallest absolute Gasteiger partial charge is 0.336 e. The Bertz CT molecular complexity index is 1010. The van der Waals surface area contributed by atoms with Crippen molar-refractivity contribution in [2.45, 2.75) is 45.7 Å². The molecule has 0 saturated heterocycles. The van der Waals surface area contributed by atoms with Crippen molar-refractivity contribution in [1.29, 1.82) is 0 Å². The summed E-state index contributed by atoms with van der Waals surface area (Å²) in [5.74, 6) is 0.441. The first-order valence-corrected chi connectivity index (χ1v) is 10.6. The van der Waals surface area contributed by atoms with Gasteiger partial charge in [0.05, 0.1) is 14.1 Å². The second-order valence-electron chi connectivity index (χ2n) is 8.64. The van der Waals surface area contributed by atoms with Gasteiger partial charge in [-0.2, -0.15) is 0 Å². The van der Waals surface area contributed by atoms with Crippen molar-refractivity contribution in [3.63, 3.8) is 0 Å². The van der Waals surface area contributed by atoms with Crippen molar-refractivity contribution in [3.8, 4) is 0 Å². The molecule has 0 aliphatic carbocycles. The van der Waals surface area contributed by atoms with Gasteiger partial charge in [0.2, 0.25) is 0 Å². The molecule has 0 fully saturated rings. The van der Waals surface area contributed by atoms with E-state index in [2.05, 4.69) is 76.6 Å². The van der Waals surface area contributed by atoms with Crippen LogP contribution in [0.3, 0.4) is 0 Å². The van der Waals surface area contributed by atoms with Gasteiger partial charge in [0.15, 0.2) is 0 Å². The molecule has 3 N–H and O–H groups in total. The van der Waals surface area contributed by atoms with Crippen LogP contribution in [0.25, 0.3) is 11.0 Å². The van der Waals surface area contributed by atoms with Gasteiger partial charge >= 0.3 is 5.63 Å².